The minimum Gasteiger partial charge on any atom is -0.277 e. The predicted octanol–water partition coefficient (Wildman–Crippen LogP) is 3.33. The first-order valence-corrected chi connectivity index (χ1v) is 6.21. The van der Waals surface area contributed by atoms with Crippen LogP contribution in [0.1, 0.15) is 11.1 Å². The lowest BCUT2D eigenvalue weighted by Gasteiger charge is -2.10. The Morgan fingerprint density at radius 2 is 1.74 bits per heavy atom. The number of halogens is 1. The molecule has 0 spiro atoms. The molecule has 96 valence electrons. The summed E-state index contributed by atoms with van der Waals surface area (Å²) in [5.41, 5.74) is 1.92. The summed E-state index contributed by atoms with van der Waals surface area (Å²) in [5.74, 6) is 0. The summed E-state index contributed by atoms with van der Waals surface area (Å²) < 4.78 is 0. The van der Waals surface area contributed by atoms with Crippen LogP contribution in [0.3, 0.4) is 0 Å². The summed E-state index contributed by atoms with van der Waals surface area (Å²) in [5, 5.41) is 6.16. The second-order valence-electron chi connectivity index (χ2n) is 3.98. The van der Waals surface area contributed by atoms with E-state index in [9.17, 15) is 4.79 Å². The third-order valence-corrected chi connectivity index (χ3v) is 2.79. The largest absolute Gasteiger partial charge is 0.277 e. The van der Waals surface area contributed by atoms with Crippen molar-refractivity contribution in [2.45, 2.75) is 6.54 Å². The molecule has 0 atom stereocenters. The maximum atomic E-state index is 11.0. The fourth-order valence-corrected chi connectivity index (χ4v) is 1.69. The average Bonchev–Trinajstić information content (AvgIpc) is 2.46. The van der Waals surface area contributed by atoms with Crippen molar-refractivity contribution in [1.29, 1.82) is 0 Å². The van der Waals surface area contributed by atoms with Gasteiger partial charge in [-0.15, -0.1) is 0 Å². The van der Waals surface area contributed by atoms with Gasteiger partial charge in [-0.25, -0.2) is 5.01 Å². The Labute approximate surface area is 117 Å². The van der Waals surface area contributed by atoms with Crippen LogP contribution < -0.4 is 0 Å². The number of hydrazone groups is 1. The first-order valence-electron chi connectivity index (χ1n) is 5.83. The van der Waals surface area contributed by atoms with Crippen molar-refractivity contribution in [3.63, 3.8) is 0 Å². The van der Waals surface area contributed by atoms with Gasteiger partial charge in [0.05, 0.1) is 12.8 Å². The highest BCUT2D eigenvalue weighted by atomic mass is 35.5. The number of benzene rings is 2. The van der Waals surface area contributed by atoms with E-state index in [0.29, 0.717) is 18.0 Å². The fraction of sp³-hybridized carbons (Fsp3) is 0.0667. The molecule has 0 unspecified atom stereocenters. The van der Waals surface area contributed by atoms with E-state index >= 15 is 0 Å². The van der Waals surface area contributed by atoms with Crippen molar-refractivity contribution in [2.24, 2.45) is 5.10 Å². The molecule has 0 aliphatic heterocycles. The standard InChI is InChI=1S/C15H13ClN2O/c16-15-8-6-13(7-9-15)10-17-18(12-19)11-14-4-2-1-3-5-14/h1-10,12H,11H2/b17-10+. The average molecular weight is 273 g/mol. The van der Waals surface area contributed by atoms with E-state index < -0.39 is 0 Å². The normalized spacial score (nSPS) is 10.6. The van der Waals surface area contributed by atoms with Gasteiger partial charge in [-0.2, -0.15) is 5.10 Å². The van der Waals surface area contributed by atoms with Crippen molar-refractivity contribution in [3.05, 3.63) is 70.7 Å². The van der Waals surface area contributed by atoms with E-state index in [2.05, 4.69) is 5.10 Å². The number of amides is 1. The van der Waals surface area contributed by atoms with E-state index in [0.717, 1.165) is 11.1 Å². The second kappa shape index (κ2) is 6.71. The number of rotatable bonds is 5. The van der Waals surface area contributed by atoms with Gasteiger partial charge >= 0.3 is 0 Å². The van der Waals surface area contributed by atoms with Crippen LogP contribution in [0.15, 0.2) is 59.7 Å². The molecule has 4 heteroatoms. The molecule has 0 radical (unpaired) electrons. The molecule has 0 bridgehead atoms. The number of nitrogens with zero attached hydrogens (tertiary/aromatic N) is 2. The lowest BCUT2D eigenvalue weighted by Crippen LogP contribution is -2.14. The summed E-state index contributed by atoms with van der Waals surface area (Å²) in [6, 6.07) is 17.0. The lowest BCUT2D eigenvalue weighted by atomic mass is 10.2. The zero-order chi connectivity index (χ0) is 13.5. The van der Waals surface area contributed by atoms with Crippen LogP contribution >= 0.6 is 11.6 Å². The highest BCUT2D eigenvalue weighted by Gasteiger charge is 1.99. The molecule has 2 rings (SSSR count). The van der Waals surface area contributed by atoms with Gasteiger partial charge in [0.25, 0.3) is 0 Å². The molecule has 0 N–H and O–H groups in total. The molecule has 1 amide bonds. The number of carbonyl (C=O) groups excluding carboxylic acids is 1. The van der Waals surface area contributed by atoms with Crippen LogP contribution in [0.25, 0.3) is 0 Å². The third-order valence-electron chi connectivity index (χ3n) is 2.53. The molecule has 0 aliphatic rings. The first kappa shape index (κ1) is 13.3. The summed E-state index contributed by atoms with van der Waals surface area (Å²) in [6.07, 6.45) is 2.34. The molecule has 2 aromatic carbocycles. The molecule has 2 aromatic rings. The Bertz CT molecular complexity index is 552. The second-order valence-corrected chi connectivity index (χ2v) is 4.42. The van der Waals surface area contributed by atoms with Gasteiger partial charge in [0, 0.05) is 5.02 Å². The topological polar surface area (TPSA) is 32.7 Å². The molecule has 0 saturated heterocycles. The Kier molecular flexibility index (Phi) is 4.70. The summed E-state index contributed by atoms with van der Waals surface area (Å²) in [4.78, 5) is 11.0. The van der Waals surface area contributed by atoms with Gasteiger partial charge in [0.1, 0.15) is 0 Å². The van der Waals surface area contributed by atoms with Gasteiger partial charge in [0.15, 0.2) is 0 Å². The van der Waals surface area contributed by atoms with Crippen molar-refractivity contribution in [2.75, 3.05) is 0 Å². The van der Waals surface area contributed by atoms with Gasteiger partial charge in [0.2, 0.25) is 6.41 Å². The first-order chi connectivity index (χ1) is 9.28. The number of carbonyl (C=O) groups is 1. The SMILES string of the molecule is O=CN(Cc1ccccc1)/N=C/c1ccc(Cl)cc1. The van der Waals surface area contributed by atoms with Crippen LogP contribution in [-0.2, 0) is 11.3 Å². The van der Waals surface area contributed by atoms with Crippen molar-refractivity contribution >= 4 is 24.2 Å². The number of hydrogen-bond donors (Lipinski definition) is 0. The Balaban J connectivity index is 2.03. The minimum atomic E-state index is 0.453. The number of hydrogen-bond acceptors (Lipinski definition) is 2. The maximum absolute atomic E-state index is 11.0. The van der Waals surface area contributed by atoms with E-state index in [-0.39, 0.29) is 0 Å². The minimum absolute atomic E-state index is 0.453. The molecule has 0 fully saturated rings. The summed E-state index contributed by atoms with van der Waals surface area (Å²) in [6.45, 7) is 0.453. The van der Waals surface area contributed by atoms with E-state index in [1.807, 2.05) is 42.5 Å². The fourth-order valence-electron chi connectivity index (χ4n) is 1.57. The van der Waals surface area contributed by atoms with Crippen LogP contribution in [0, 0.1) is 0 Å². The van der Waals surface area contributed by atoms with Crippen molar-refractivity contribution < 1.29 is 4.79 Å². The molecule has 19 heavy (non-hydrogen) atoms. The van der Waals surface area contributed by atoms with Gasteiger partial charge < -0.3 is 0 Å². The molecular formula is C15H13ClN2O. The molecule has 0 saturated carbocycles. The Hall–Kier alpha value is -2.13. The van der Waals surface area contributed by atoms with E-state index in [1.54, 1.807) is 18.3 Å². The van der Waals surface area contributed by atoms with Crippen molar-refractivity contribution in [1.82, 2.24) is 5.01 Å². The highest BCUT2D eigenvalue weighted by molar-refractivity contribution is 6.30. The lowest BCUT2D eigenvalue weighted by molar-refractivity contribution is -0.118. The Morgan fingerprint density at radius 3 is 2.37 bits per heavy atom. The Morgan fingerprint density at radius 1 is 1.05 bits per heavy atom. The maximum Gasteiger partial charge on any atom is 0.230 e. The molecule has 0 aromatic heterocycles. The molecule has 3 nitrogen and oxygen atoms in total. The van der Waals surface area contributed by atoms with Crippen LogP contribution in [0.4, 0.5) is 0 Å². The van der Waals surface area contributed by atoms with Crippen LogP contribution in [0.2, 0.25) is 5.02 Å². The zero-order valence-corrected chi connectivity index (χ0v) is 11.0. The van der Waals surface area contributed by atoms with E-state index in [1.165, 1.54) is 5.01 Å². The molecular weight excluding hydrogens is 260 g/mol. The quantitative estimate of drug-likeness (QED) is 0.467. The highest BCUT2D eigenvalue weighted by Crippen LogP contribution is 2.08. The summed E-state index contributed by atoms with van der Waals surface area (Å²) in [7, 11) is 0. The zero-order valence-electron chi connectivity index (χ0n) is 10.2. The van der Waals surface area contributed by atoms with Crippen molar-refractivity contribution in [3.8, 4) is 0 Å². The summed E-state index contributed by atoms with van der Waals surface area (Å²) >= 11 is 5.80. The predicted molar refractivity (Wildman–Crippen MR) is 77.1 cm³/mol. The molecule has 0 heterocycles. The smallest absolute Gasteiger partial charge is 0.230 e. The van der Waals surface area contributed by atoms with Gasteiger partial charge in [-0.3, -0.25) is 4.79 Å². The third kappa shape index (κ3) is 4.23. The monoisotopic (exact) mass is 272 g/mol. The van der Waals surface area contributed by atoms with Crippen LogP contribution in [-0.4, -0.2) is 17.6 Å². The van der Waals surface area contributed by atoms with Gasteiger partial charge in [-0.1, -0.05) is 54.1 Å². The van der Waals surface area contributed by atoms with Gasteiger partial charge in [-0.05, 0) is 23.3 Å². The molecule has 0 aliphatic carbocycles. The van der Waals surface area contributed by atoms with Crippen LogP contribution in [0.5, 0.6) is 0 Å². The van der Waals surface area contributed by atoms with E-state index in [4.69, 9.17) is 11.6 Å².